The fourth-order valence-corrected chi connectivity index (χ4v) is 2.52. The minimum absolute atomic E-state index is 0.741. The van der Waals surface area contributed by atoms with Gasteiger partial charge < -0.3 is 0 Å². The second-order valence-electron chi connectivity index (χ2n) is 4.77. The molecule has 0 heteroatoms. The average molecular weight is 192 g/mol. The van der Waals surface area contributed by atoms with Gasteiger partial charge in [-0.05, 0) is 44.6 Å². The Morgan fingerprint density at radius 2 is 1.86 bits per heavy atom. The molecule has 0 bridgehead atoms. The van der Waals surface area contributed by atoms with Crippen molar-refractivity contribution in [3.8, 4) is 0 Å². The summed E-state index contributed by atoms with van der Waals surface area (Å²) in [7, 11) is 0. The molecular weight excluding hydrogens is 168 g/mol. The smallest absolute Gasteiger partial charge is 0.0140 e. The molecule has 2 atom stereocenters. The molecule has 14 heavy (non-hydrogen) atoms. The third-order valence-electron chi connectivity index (χ3n) is 3.76. The maximum atomic E-state index is 2.45. The molecule has 0 radical (unpaired) electrons. The molecule has 80 valence electrons. The Kier molecular flexibility index (Phi) is 3.97. The molecule has 0 saturated heterocycles. The highest BCUT2D eigenvalue weighted by molar-refractivity contribution is 5.37. The van der Waals surface area contributed by atoms with Gasteiger partial charge in [-0.25, -0.2) is 0 Å². The molecule has 2 unspecified atom stereocenters. The van der Waals surface area contributed by atoms with Gasteiger partial charge in [0.1, 0.15) is 0 Å². The van der Waals surface area contributed by atoms with Gasteiger partial charge in [0.2, 0.25) is 0 Å². The average Bonchev–Trinajstić information content (AvgIpc) is 2.14. The van der Waals surface area contributed by atoms with Crippen LogP contribution < -0.4 is 0 Å². The first-order valence-corrected chi connectivity index (χ1v) is 5.94. The van der Waals surface area contributed by atoms with Gasteiger partial charge in [-0.15, -0.1) is 0 Å². The second-order valence-corrected chi connectivity index (χ2v) is 4.77. The van der Waals surface area contributed by atoms with Gasteiger partial charge in [0, 0.05) is 0 Å². The van der Waals surface area contributed by atoms with Crippen molar-refractivity contribution < 1.29 is 0 Å². The molecule has 0 aromatic carbocycles. The van der Waals surface area contributed by atoms with Gasteiger partial charge in [-0.2, -0.15) is 0 Å². The van der Waals surface area contributed by atoms with E-state index in [1.807, 2.05) is 0 Å². The summed E-state index contributed by atoms with van der Waals surface area (Å²) in [6.45, 7) is 11.5. The third kappa shape index (κ3) is 2.29. The Balaban J connectivity index is 2.78. The summed E-state index contributed by atoms with van der Waals surface area (Å²) in [6, 6.07) is 0. The van der Waals surface area contributed by atoms with Gasteiger partial charge >= 0.3 is 0 Å². The summed E-state index contributed by atoms with van der Waals surface area (Å²) in [6.07, 6.45) is 6.50. The molecule has 0 spiro atoms. The van der Waals surface area contributed by atoms with Crippen molar-refractivity contribution >= 4 is 0 Å². The minimum atomic E-state index is 0.741. The van der Waals surface area contributed by atoms with Crippen LogP contribution in [0.2, 0.25) is 0 Å². The summed E-state index contributed by atoms with van der Waals surface area (Å²) < 4.78 is 0. The van der Waals surface area contributed by atoms with Crippen LogP contribution in [0.5, 0.6) is 0 Å². The zero-order chi connectivity index (χ0) is 10.7. The number of unbranched alkanes of at least 4 members (excludes halogenated alkanes) is 1. The molecule has 1 rings (SSSR count). The Morgan fingerprint density at radius 3 is 2.43 bits per heavy atom. The Hall–Kier alpha value is -0.520. The number of rotatable bonds is 3. The SMILES string of the molecule is CCCCC1C(C)=C(C)C(C)=CC1C. The molecule has 0 heterocycles. The van der Waals surface area contributed by atoms with Crippen LogP contribution in [0.4, 0.5) is 0 Å². The van der Waals surface area contributed by atoms with E-state index in [0.717, 1.165) is 11.8 Å². The maximum absolute atomic E-state index is 2.45. The summed E-state index contributed by atoms with van der Waals surface area (Å²) >= 11 is 0. The largest absolute Gasteiger partial charge is 0.0779 e. The topological polar surface area (TPSA) is 0 Å². The Morgan fingerprint density at radius 1 is 1.21 bits per heavy atom. The highest BCUT2D eigenvalue weighted by Gasteiger charge is 2.22. The standard InChI is InChI=1S/C14H24/c1-6-7-8-14-11(3)9-10(2)12(4)13(14)5/h9,11,14H,6-8H2,1-5H3. The molecule has 0 aromatic rings. The van der Waals surface area contributed by atoms with Crippen LogP contribution in [0.25, 0.3) is 0 Å². The lowest BCUT2D eigenvalue weighted by molar-refractivity contribution is 0.425. The lowest BCUT2D eigenvalue weighted by Gasteiger charge is -2.29. The summed E-state index contributed by atoms with van der Waals surface area (Å²) in [4.78, 5) is 0. The van der Waals surface area contributed by atoms with E-state index in [1.54, 1.807) is 5.57 Å². The highest BCUT2D eigenvalue weighted by atomic mass is 14.3. The normalized spacial score (nSPS) is 27.9. The quantitative estimate of drug-likeness (QED) is 0.606. The van der Waals surface area contributed by atoms with Crippen LogP contribution in [-0.4, -0.2) is 0 Å². The molecule has 0 saturated carbocycles. The van der Waals surface area contributed by atoms with E-state index in [4.69, 9.17) is 0 Å². The second kappa shape index (κ2) is 4.82. The van der Waals surface area contributed by atoms with Crippen LogP contribution in [-0.2, 0) is 0 Å². The third-order valence-corrected chi connectivity index (χ3v) is 3.76. The van der Waals surface area contributed by atoms with Crippen molar-refractivity contribution in [2.75, 3.05) is 0 Å². The summed E-state index contributed by atoms with van der Waals surface area (Å²) in [5.74, 6) is 1.55. The molecule has 0 nitrogen and oxygen atoms in total. The number of allylic oxidation sites excluding steroid dienone is 4. The van der Waals surface area contributed by atoms with E-state index in [-0.39, 0.29) is 0 Å². The first-order valence-electron chi connectivity index (χ1n) is 5.94. The van der Waals surface area contributed by atoms with E-state index >= 15 is 0 Å². The predicted molar refractivity (Wildman–Crippen MR) is 64.3 cm³/mol. The van der Waals surface area contributed by atoms with Crippen molar-refractivity contribution in [3.05, 3.63) is 22.8 Å². The molecule has 0 aromatic heterocycles. The van der Waals surface area contributed by atoms with Gasteiger partial charge in [-0.1, -0.05) is 43.9 Å². The van der Waals surface area contributed by atoms with Crippen molar-refractivity contribution in [1.29, 1.82) is 0 Å². The van der Waals surface area contributed by atoms with Crippen LogP contribution in [0, 0.1) is 11.8 Å². The molecule has 0 N–H and O–H groups in total. The van der Waals surface area contributed by atoms with Crippen molar-refractivity contribution in [3.63, 3.8) is 0 Å². The molecule has 0 aliphatic heterocycles. The zero-order valence-electron chi connectivity index (χ0n) is 10.4. The fraction of sp³-hybridized carbons (Fsp3) is 0.714. The Labute approximate surface area is 89.1 Å². The predicted octanol–water partition coefficient (Wildman–Crippen LogP) is 4.73. The first kappa shape index (κ1) is 11.6. The van der Waals surface area contributed by atoms with Crippen molar-refractivity contribution in [2.45, 2.75) is 53.9 Å². The maximum Gasteiger partial charge on any atom is -0.0140 e. The summed E-state index contributed by atoms with van der Waals surface area (Å²) in [5, 5.41) is 0. The molecule has 1 aliphatic carbocycles. The van der Waals surface area contributed by atoms with E-state index in [9.17, 15) is 0 Å². The van der Waals surface area contributed by atoms with E-state index in [1.165, 1.54) is 30.4 Å². The van der Waals surface area contributed by atoms with Crippen LogP contribution in [0.3, 0.4) is 0 Å². The fourth-order valence-electron chi connectivity index (χ4n) is 2.52. The summed E-state index contributed by atoms with van der Waals surface area (Å²) in [5.41, 5.74) is 4.65. The minimum Gasteiger partial charge on any atom is -0.0779 e. The number of hydrogen-bond donors (Lipinski definition) is 0. The molecular formula is C14H24. The van der Waals surface area contributed by atoms with E-state index < -0.39 is 0 Å². The van der Waals surface area contributed by atoms with Crippen molar-refractivity contribution in [2.24, 2.45) is 11.8 Å². The number of hydrogen-bond acceptors (Lipinski definition) is 0. The zero-order valence-corrected chi connectivity index (χ0v) is 10.4. The van der Waals surface area contributed by atoms with Crippen LogP contribution in [0.1, 0.15) is 53.9 Å². The van der Waals surface area contributed by atoms with E-state index in [0.29, 0.717) is 0 Å². The van der Waals surface area contributed by atoms with Gasteiger partial charge in [0.05, 0.1) is 0 Å². The van der Waals surface area contributed by atoms with Gasteiger partial charge in [-0.3, -0.25) is 0 Å². The lowest BCUT2D eigenvalue weighted by atomic mass is 9.76. The van der Waals surface area contributed by atoms with E-state index in [2.05, 4.69) is 40.7 Å². The highest BCUT2D eigenvalue weighted by Crippen LogP contribution is 2.36. The van der Waals surface area contributed by atoms with Gasteiger partial charge in [0.25, 0.3) is 0 Å². The molecule has 1 aliphatic rings. The van der Waals surface area contributed by atoms with Crippen molar-refractivity contribution in [1.82, 2.24) is 0 Å². The Bertz CT molecular complexity index is 255. The van der Waals surface area contributed by atoms with Gasteiger partial charge in [0.15, 0.2) is 0 Å². The molecule has 0 amide bonds. The van der Waals surface area contributed by atoms with Crippen LogP contribution in [0.15, 0.2) is 22.8 Å². The lowest BCUT2D eigenvalue weighted by Crippen LogP contribution is -2.17. The monoisotopic (exact) mass is 192 g/mol. The first-order chi connectivity index (χ1) is 6.57. The van der Waals surface area contributed by atoms with Crippen LogP contribution >= 0.6 is 0 Å². The molecule has 0 fully saturated rings.